The maximum absolute atomic E-state index is 3.85. The largest absolute Gasteiger partial charge is 0.309 e. The van der Waals surface area contributed by atoms with E-state index in [-0.39, 0.29) is 0 Å². The first-order valence-electron chi connectivity index (χ1n) is 19.5. The molecule has 0 radical (unpaired) electrons. The molecule has 2 aromatic heterocycles. The molecule has 270 valence electrons. The molecular formula is C55H40N2. The number of allylic oxidation sites excluding steroid dienone is 5. The Bertz CT molecular complexity index is 3080. The van der Waals surface area contributed by atoms with Gasteiger partial charge < -0.3 is 9.13 Å². The predicted octanol–water partition coefficient (Wildman–Crippen LogP) is 15.0. The average molecular weight is 729 g/mol. The minimum absolute atomic E-state index is 1.15. The zero-order valence-electron chi connectivity index (χ0n) is 31.8. The topological polar surface area (TPSA) is 9.86 Å². The molecule has 0 bridgehead atoms. The smallest absolute Gasteiger partial charge is 0.0541 e. The van der Waals surface area contributed by atoms with Gasteiger partial charge in [-0.1, -0.05) is 146 Å². The van der Waals surface area contributed by atoms with Crippen molar-refractivity contribution in [2.75, 3.05) is 0 Å². The van der Waals surface area contributed by atoms with Gasteiger partial charge in [-0.3, -0.25) is 0 Å². The van der Waals surface area contributed by atoms with Crippen LogP contribution in [0.3, 0.4) is 0 Å². The molecule has 0 unspecified atom stereocenters. The van der Waals surface area contributed by atoms with Gasteiger partial charge >= 0.3 is 0 Å². The number of hydrogen-bond acceptors (Lipinski definition) is 0. The first-order chi connectivity index (χ1) is 28.1. The Hall–Kier alpha value is -7.42. The number of hydrogen-bond donors (Lipinski definition) is 0. The van der Waals surface area contributed by atoms with Crippen molar-refractivity contribution in [3.8, 4) is 44.8 Å². The van der Waals surface area contributed by atoms with Crippen molar-refractivity contribution >= 4 is 49.2 Å². The van der Waals surface area contributed by atoms with E-state index in [0.717, 1.165) is 11.4 Å². The van der Waals surface area contributed by atoms with E-state index in [4.69, 9.17) is 0 Å². The van der Waals surface area contributed by atoms with Gasteiger partial charge in [0.1, 0.15) is 0 Å². The lowest BCUT2D eigenvalue weighted by atomic mass is 9.92. The first-order valence-corrected chi connectivity index (χ1v) is 19.5. The van der Waals surface area contributed by atoms with Crippen LogP contribution >= 0.6 is 0 Å². The summed E-state index contributed by atoms with van der Waals surface area (Å²) in [5.74, 6) is 0. The van der Waals surface area contributed by atoms with Gasteiger partial charge in [0.05, 0.1) is 22.1 Å². The number of nitrogens with zero attached hydrogens (tertiary/aromatic N) is 2. The molecule has 0 aliphatic rings. The molecule has 0 fully saturated rings. The molecule has 0 saturated carbocycles. The molecular weight excluding hydrogens is 689 g/mol. The van der Waals surface area contributed by atoms with Crippen molar-refractivity contribution in [2.24, 2.45) is 0 Å². The molecule has 0 saturated heterocycles. The van der Waals surface area contributed by atoms with Gasteiger partial charge in [0.25, 0.3) is 0 Å². The highest BCUT2D eigenvalue weighted by Crippen LogP contribution is 2.37. The van der Waals surface area contributed by atoms with Crippen LogP contribution in [0.5, 0.6) is 0 Å². The van der Waals surface area contributed by atoms with Crippen LogP contribution in [-0.2, 0) is 0 Å². The maximum Gasteiger partial charge on any atom is 0.0541 e. The van der Waals surface area contributed by atoms with Crippen molar-refractivity contribution in [1.29, 1.82) is 0 Å². The second-order valence-corrected chi connectivity index (χ2v) is 14.7. The molecule has 8 aromatic carbocycles. The highest BCUT2D eigenvalue weighted by atomic mass is 15.0. The number of benzene rings is 8. The van der Waals surface area contributed by atoms with Gasteiger partial charge in [-0.05, 0) is 124 Å². The Morgan fingerprint density at radius 3 is 1.23 bits per heavy atom. The summed E-state index contributed by atoms with van der Waals surface area (Å²) in [7, 11) is 0. The van der Waals surface area contributed by atoms with Gasteiger partial charge in [0.15, 0.2) is 0 Å². The number of aromatic nitrogens is 2. The van der Waals surface area contributed by atoms with Crippen LogP contribution < -0.4 is 0 Å². The fourth-order valence-electron chi connectivity index (χ4n) is 8.45. The lowest BCUT2D eigenvalue weighted by Crippen LogP contribution is -1.94. The molecule has 0 atom stereocenters. The van der Waals surface area contributed by atoms with E-state index in [1.54, 1.807) is 0 Å². The Kier molecular flexibility index (Phi) is 8.58. The van der Waals surface area contributed by atoms with Crippen LogP contribution in [0.1, 0.15) is 12.5 Å². The third-order valence-corrected chi connectivity index (χ3v) is 11.3. The summed E-state index contributed by atoms with van der Waals surface area (Å²) >= 11 is 0. The van der Waals surface area contributed by atoms with Gasteiger partial charge in [0.2, 0.25) is 0 Å². The molecule has 0 N–H and O–H groups in total. The van der Waals surface area contributed by atoms with E-state index >= 15 is 0 Å². The Labute approximate surface area is 333 Å². The van der Waals surface area contributed by atoms with Crippen LogP contribution in [0.25, 0.3) is 93.9 Å². The molecule has 0 spiro atoms. The summed E-state index contributed by atoms with van der Waals surface area (Å²) in [4.78, 5) is 0. The monoisotopic (exact) mass is 728 g/mol. The van der Waals surface area contributed by atoms with Crippen LogP contribution in [-0.4, -0.2) is 9.13 Å². The standard InChI is InChI=1S/C55H40N2/c1-3-4-5-15-38(2)43-35-44(40-28-32-47(33-29-40)57-54-24-12-8-20-50(54)51-21-9-13-25-55(51)57)37-45(36-43)42-17-14-16-41(34-42)39-26-30-46(31-27-39)56-52-22-10-6-18-48(52)49-19-7-11-23-53(49)56/h3-37H,1H2,2H3. The SMILES string of the molecule is C=CC=CC=C(C)c1cc(-c2ccc(-n3c4ccccc4c4ccccc43)cc2)cc(-c2cccc(-c3ccc(-n4c5ccccc5c5ccccc54)cc3)c2)c1. The van der Waals surface area contributed by atoms with E-state index in [2.05, 4.69) is 223 Å². The number of rotatable bonds is 8. The molecule has 10 aromatic rings. The van der Waals surface area contributed by atoms with Gasteiger partial charge in [-0.2, -0.15) is 0 Å². The number of para-hydroxylation sites is 4. The molecule has 0 aliphatic heterocycles. The average Bonchev–Trinajstić information content (AvgIpc) is 3.80. The normalized spacial score (nSPS) is 12.1. The Morgan fingerprint density at radius 1 is 0.386 bits per heavy atom. The summed E-state index contributed by atoms with van der Waals surface area (Å²) in [5.41, 5.74) is 16.6. The molecule has 0 aliphatic carbocycles. The fraction of sp³-hybridized carbons (Fsp3) is 0.0182. The molecule has 57 heavy (non-hydrogen) atoms. The summed E-state index contributed by atoms with van der Waals surface area (Å²) in [6, 6.07) is 68.5. The molecule has 2 heterocycles. The van der Waals surface area contributed by atoms with Gasteiger partial charge in [-0.25, -0.2) is 0 Å². The second kappa shape index (κ2) is 14.3. The van der Waals surface area contributed by atoms with Crippen LogP contribution in [0, 0.1) is 0 Å². The van der Waals surface area contributed by atoms with E-state index in [1.165, 1.54) is 88.1 Å². The summed E-state index contributed by atoms with van der Waals surface area (Å²) < 4.78 is 4.74. The Balaban J connectivity index is 1.03. The van der Waals surface area contributed by atoms with Crippen LogP contribution in [0.2, 0.25) is 0 Å². The van der Waals surface area contributed by atoms with Crippen LogP contribution in [0.4, 0.5) is 0 Å². The fourth-order valence-corrected chi connectivity index (χ4v) is 8.45. The number of fused-ring (bicyclic) bond motifs is 6. The Morgan fingerprint density at radius 2 is 0.772 bits per heavy atom. The molecule has 2 heteroatoms. The lowest BCUT2D eigenvalue weighted by Gasteiger charge is -2.14. The van der Waals surface area contributed by atoms with Crippen molar-refractivity contribution < 1.29 is 0 Å². The van der Waals surface area contributed by atoms with Crippen molar-refractivity contribution in [2.45, 2.75) is 6.92 Å². The van der Waals surface area contributed by atoms with E-state index < -0.39 is 0 Å². The quantitative estimate of drug-likeness (QED) is 0.138. The zero-order valence-corrected chi connectivity index (χ0v) is 31.8. The predicted molar refractivity (Wildman–Crippen MR) is 244 cm³/mol. The third kappa shape index (κ3) is 6.09. The lowest BCUT2D eigenvalue weighted by molar-refractivity contribution is 1.18. The van der Waals surface area contributed by atoms with E-state index in [1.807, 2.05) is 12.2 Å². The minimum atomic E-state index is 1.15. The molecule has 2 nitrogen and oxygen atoms in total. The minimum Gasteiger partial charge on any atom is -0.309 e. The van der Waals surface area contributed by atoms with E-state index in [0.29, 0.717) is 0 Å². The summed E-state index contributed by atoms with van der Waals surface area (Å²) in [6.45, 7) is 6.03. The van der Waals surface area contributed by atoms with Crippen molar-refractivity contribution in [3.05, 3.63) is 225 Å². The van der Waals surface area contributed by atoms with Crippen LogP contribution in [0.15, 0.2) is 219 Å². The van der Waals surface area contributed by atoms with E-state index in [9.17, 15) is 0 Å². The highest BCUT2D eigenvalue weighted by Gasteiger charge is 2.14. The zero-order chi connectivity index (χ0) is 38.3. The summed E-state index contributed by atoms with van der Waals surface area (Å²) in [5, 5.41) is 5.08. The third-order valence-electron chi connectivity index (χ3n) is 11.3. The second-order valence-electron chi connectivity index (χ2n) is 14.7. The van der Waals surface area contributed by atoms with Crippen molar-refractivity contribution in [1.82, 2.24) is 9.13 Å². The van der Waals surface area contributed by atoms with Gasteiger partial charge in [-0.15, -0.1) is 0 Å². The van der Waals surface area contributed by atoms with Crippen molar-refractivity contribution in [3.63, 3.8) is 0 Å². The first kappa shape index (κ1) is 34.1. The molecule has 0 amide bonds. The highest BCUT2D eigenvalue weighted by molar-refractivity contribution is 6.10. The summed E-state index contributed by atoms with van der Waals surface area (Å²) in [6.07, 6.45) is 7.99. The van der Waals surface area contributed by atoms with Gasteiger partial charge in [0, 0.05) is 32.9 Å². The molecule has 10 rings (SSSR count). The maximum atomic E-state index is 3.85.